The van der Waals surface area contributed by atoms with Gasteiger partial charge in [0.2, 0.25) is 11.8 Å². The second kappa shape index (κ2) is 10.6. The Labute approximate surface area is 212 Å². The van der Waals surface area contributed by atoms with Crippen LogP contribution in [0.5, 0.6) is 0 Å². The van der Waals surface area contributed by atoms with E-state index in [9.17, 15) is 19.5 Å². The summed E-state index contributed by atoms with van der Waals surface area (Å²) in [7, 11) is 0. The van der Waals surface area contributed by atoms with Crippen LogP contribution in [-0.4, -0.2) is 82.3 Å². The number of carbonyl (C=O) groups excluding carboxylic acids is 3. The van der Waals surface area contributed by atoms with Crippen LogP contribution in [0.3, 0.4) is 0 Å². The Morgan fingerprint density at radius 1 is 1.28 bits per heavy atom. The van der Waals surface area contributed by atoms with E-state index < -0.39 is 41.6 Å². The van der Waals surface area contributed by atoms with Crippen molar-refractivity contribution in [2.24, 2.45) is 11.8 Å². The molecule has 3 aliphatic heterocycles. The predicted molar refractivity (Wildman–Crippen MR) is 134 cm³/mol. The molecule has 0 aromatic heterocycles. The predicted octanol–water partition coefficient (Wildman–Crippen LogP) is 2.12. The van der Waals surface area contributed by atoms with Gasteiger partial charge in [-0.2, -0.15) is 0 Å². The molecule has 8 nitrogen and oxygen atoms in total. The molecule has 3 heterocycles. The number of aliphatic hydroxyl groups excluding tert-OH is 1. The summed E-state index contributed by atoms with van der Waals surface area (Å²) in [6.45, 7) is 11.2. The number of rotatable bonds is 11. The third-order valence-electron chi connectivity index (χ3n) is 7.74. The summed E-state index contributed by atoms with van der Waals surface area (Å²) in [6, 6.07) is 7.79. The van der Waals surface area contributed by atoms with Gasteiger partial charge in [-0.1, -0.05) is 49.1 Å². The Morgan fingerprint density at radius 2 is 2.00 bits per heavy atom. The molecule has 2 amide bonds. The van der Waals surface area contributed by atoms with Gasteiger partial charge < -0.3 is 24.4 Å². The summed E-state index contributed by atoms with van der Waals surface area (Å²) in [6.07, 6.45) is 4.06. The smallest absolute Gasteiger partial charge is 0.312 e. The number of hydrogen-bond donors (Lipinski definition) is 1. The SMILES string of the molecule is C=CCOC(=O)[C@@H]1[C@@H]2CCC3(O2)C(C(=O)N(CC=C)C(C)C)N([C@@H](CO)Cc2ccccc2)C(=O)[C@H]13. The minimum absolute atomic E-state index is 0.0375. The van der Waals surface area contributed by atoms with Gasteiger partial charge in [0.05, 0.1) is 30.6 Å². The number of aliphatic hydroxyl groups is 1. The summed E-state index contributed by atoms with van der Waals surface area (Å²) in [5.41, 5.74) is -0.209. The Morgan fingerprint density at radius 3 is 2.61 bits per heavy atom. The van der Waals surface area contributed by atoms with Crippen LogP contribution in [0, 0.1) is 11.8 Å². The van der Waals surface area contributed by atoms with Gasteiger partial charge in [-0.25, -0.2) is 0 Å². The van der Waals surface area contributed by atoms with Crippen LogP contribution in [-0.2, 0) is 30.3 Å². The zero-order valence-corrected chi connectivity index (χ0v) is 21.0. The van der Waals surface area contributed by atoms with E-state index in [2.05, 4.69) is 13.2 Å². The standard InChI is InChI=1S/C28H36N2O6/c1-5-14-29(18(3)4)26(33)24-28-13-12-21(36-28)22(27(34)35-15-6-2)23(28)25(32)30(24)20(17-31)16-19-10-8-7-9-11-19/h5-11,18,20-24,31H,1-2,12-17H2,3-4H3/t20-,21+,22-,23+,24?,28?/m1/s1. The third-order valence-corrected chi connectivity index (χ3v) is 7.74. The second-order valence-corrected chi connectivity index (χ2v) is 10.1. The van der Waals surface area contributed by atoms with E-state index in [0.29, 0.717) is 25.8 Å². The zero-order valence-electron chi connectivity index (χ0n) is 21.0. The van der Waals surface area contributed by atoms with Gasteiger partial charge in [0.25, 0.3) is 0 Å². The monoisotopic (exact) mass is 496 g/mol. The maximum Gasteiger partial charge on any atom is 0.312 e. The van der Waals surface area contributed by atoms with Crippen LogP contribution in [0.15, 0.2) is 55.6 Å². The molecule has 3 fully saturated rings. The van der Waals surface area contributed by atoms with E-state index in [4.69, 9.17) is 9.47 Å². The Hall–Kier alpha value is -2.97. The van der Waals surface area contributed by atoms with E-state index in [1.807, 2.05) is 44.2 Å². The number of hydrogen-bond acceptors (Lipinski definition) is 6. The van der Waals surface area contributed by atoms with Gasteiger partial charge in [-0.3, -0.25) is 14.4 Å². The Bertz CT molecular complexity index is 1010. The van der Waals surface area contributed by atoms with Gasteiger partial charge in [0.1, 0.15) is 18.2 Å². The molecule has 194 valence electrons. The number of amides is 2. The van der Waals surface area contributed by atoms with Gasteiger partial charge >= 0.3 is 5.97 Å². The maximum atomic E-state index is 14.2. The average molecular weight is 497 g/mol. The largest absolute Gasteiger partial charge is 0.461 e. The molecule has 36 heavy (non-hydrogen) atoms. The number of carbonyl (C=O) groups is 3. The lowest BCUT2D eigenvalue weighted by molar-refractivity contribution is -0.156. The number of benzene rings is 1. The first-order chi connectivity index (χ1) is 17.3. The molecule has 0 aliphatic carbocycles. The van der Waals surface area contributed by atoms with Crippen LogP contribution in [0.4, 0.5) is 0 Å². The number of fused-ring (bicyclic) bond motifs is 1. The first-order valence-electron chi connectivity index (χ1n) is 12.6. The fraction of sp³-hybridized carbons (Fsp3) is 0.536. The molecule has 4 rings (SSSR count). The van der Waals surface area contributed by atoms with Gasteiger partial charge in [0.15, 0.2) is 0 Å². The Kier molecular flexibility index (Phi) is 7.66. The highest BCUT2D eigenvalue weighted by Crippen LogP contribution is 2.59. The van der Waals surface area contributed by atoms with Crippen molar-refractivity contribution in [2.75, 3.05) is 19.8 Å². The van der Waals surface area contributed by atoms with Crippen LogP contribution in [0.2, 0.25) is 0 Å². The fourth-order valence-corrected chi connectivity index (χ4v) is 6.26. The minimum atomic E-state index is -1.14. The minimum Gasteiger partial charge on any atom is -0.461 e. The quantitative estimate of drug-likeness (QED) is 0.372. The lowest BCUT2D eigenvalue weighted by atomic mass is 9.70. The van der Waals surface area contributed by atoms with Crippen LogP contribution in [0.25, 0.3) is 0 Å². The molecule has 1 N–H and O–H groups in total. The normalized spacial score (nSPS) is 29.2. The molecular formula is C28H36N2O6. The summed E-state index contributed by atoms with van der Waals surface area (Å²) >= 11 is 0. The molecule has 8 heteroatoms. The van der Waals surface area contributed by atoms with Gasteiger partial charge in [-0.15, -0.1) is 6.58 Å². The maximum absolute atomic E-state index is 14.2. The first-order valence-corrected chi connectivity index (χ1v) is 12.6. The second-order valence-electron chi connectivity index (χ2n) is 10.1. The van der Waals surface area contributed by atoms with Gasteiger partial charge in [-0.05, 0) is 38.7 Å². The van der Waals surface area contributed by atoms with Crippen LogP contribution >= 0.6 is 0 Å². The highest BCUT2D eigenvalue weighted by atomic mass is 16.6. The summed E-state index contributed by atoms with van der Waals surface area (Å²) < 4.78 is 11.8. The van der Waals surface area contributed by atoms with Gasteiger partial charge in [0, 0.05) is 12.6 Å². The van der Waals surface area contributed by atoms with Crippen molar-refractivity contribution in [2.45, 2.75) is 62.9 Å². The van der Waals surface area contributed by atoms with Crippen molar-refractivity contribution in [3.8, 4) is 0 Å². The van der Waals surface area contributed by atoms with Crippen molar-refractivity contribution in [3.05, 3.63) is 61.2 Å². The summed E-state index contributed by atoms with van der Waals surface area (Å²) in [5, 5.41) is 10.5. The lowest BCUT2D eigenvalue weighted by Gasteiger charge is -2.40. The topological polar surface area (TPSA) is 96.4 Å². The summed E-state index contributed by atoms with van der Waals surface area (Å²) in [5.74, 6) is -2.75. The molecule has 0 saturated carbocycles. The molecule has 0 radical (unpaired) electrons. The van der Waals surface area contributed by atoms with E-state index in [1.54, 1.807) is 11.0 Å². The lowest BCUT2D eigenvalue weighted by Crippen LogP contribution is -2.60. The van der Waals surface area contributed by atoms with Crippen molar-refractivity contribution in [3.63, 3.8) is 0 Å². The summed E-state index contributed by atoms with van der Waals surface area (Å²) in [4.78, 5) is 44.5. The van der Waals surface area contributed by atoms with Crippen molar-refractivity contribution in [1.29, 1.82) is 0 Å². The number of nitrogens with zero attached hydrogens (tertiary/aromatic N) is 2. The van der Waals surface area contributed by atoms with E-state index in [0.717, 1.165) is 5.56 Å². The number of likely N-dealkylation sites (tertiary alicyclic amines) is 1. The number of esters is 1. The molecular weight excluding hydrogens is 460 g/mol. The molecule has 3 aliphatic rings. The molecule has 1 spiro atoms. The molecule has 6 atom stereocenters. The zero-order chi connectivity index (χ0) is 26.0. The molecule has 1 aromatic rings. The highest BCUT2D eigenvalue weighted by molar-refractivity contribution is 5.98. The van der Waals surface area contributed by atoms with E-state index in [-0.39, 0.29) is 31.1 Å². The molecule has 3 saturated heterocycles. The average Bonchev–Trinajstić information content (AvgIpc) is 3.52. The Balaban J connectivity index is 1.78. The first kappa shape index (κ1) is 26.1. The van der Waals surface area contributed by atoms with Crippen molar-refractivity contribution in [1.82, 2.24) is 9.80 Å². The fourth-order valence-electron chi connectivity index (χ4n) is 6.26. The molecule has 2 bridgehead atoms. The number of ether oxygens (including phenoxy) is 2. The van der Waals surface area contributed by atoms with Crippen LogP contribution in [0.1, 0.15) is 32.3 Å². The third kappa shape index (κ3) is 4.26. The van der Waals surface area contributed by atoms with E-state index >= 15 is 0 Å². The highest BCUT2D eigenvalue weighted by Gasteiger charge is 2.75. The van der Waals surface area contributed by atoms with Crippen molar-refractivity contribution >= 4 is 17.8 Å². The molecule has 2 unspecified atom stereocenters. The molecule has 1 aromatic carbocycles. The van der Waals surface area contributed by atoms with Crippen molar-refractivity contribution < 1.29 is 29.0 Å². The van der Waals surface area contributed by atoms with E-state index in [1.165, 1.54) is 11.0 Å². The van der Waals surface area contributed by atoms with Crippen LogP contribution < -0.4 is 0 Å².